The molecule has 4 nitrogen and oxygen atoms in total. The molecule has 206 valence electrons. The van der Waals surface area contributed by atoms with Crippen LogP contribution in [0.1, 0.15) is 5.69 Å². The molecule has 0 aliphatic heterocycles. The van der Waals surface area contributed by atoms with E-state index in [-0.39, 0.29) is 0 Å². The number of para-hydroxylation sites is 1. The van der Waals surface area contributed by atoms with Gasteiger partial charge in [-0.15, -0.1) is 0 Å². The Bertz CT molecular complexity index is 2750. The smallest absolute Gasteiger partial charge is 0.236 e. The fourth-order valence-corrected chi connectivity index (χ4v) is 7.48. The first-order valence-electron chi connectivity index (χ1n) is 15.1. The highest BCUT2D eigenvalue weighted by atomic mass is 15.2. The molecule has 7 aromatic carbocycles. The second kappa shape index (κ2) is 8.86. The summed E-state index contributed by atoms with van der Waals surface area (Å²) in [6.07, 6.45) is 0. The molecule has 1 aliphatic rings. The molecule has 0 N–H and O–H groups in total. The third-order valence-electron chi connectivity index (χ3n) is 9.41. The molecule has 2 heterocycles. The SMILES string of the molecule is N#Cc1nc(-n2c3ccc(-c4ccc5c6c(cccc46)-c4ccccc4-5)cc3c3c4ccccc4ccc32)nc2ccccc12. The summed E-state index contributed by atoms with van der Waals surface area (Å²) >= 11 is 0. The van der Waals surface area contributed by atoms with E-state index in [1.165, 1.54) is 49.4 Å². The van der Waals surface area contributed by atoms with Crippen LogP contribution in [0.4, 0.5) is 0 Å². The van der Waals surface area contributed by atoms with Gasteiger partial charge in [-0.3, -0.25) is 4.57 Å². The van der Waals surface area contributed by atoms with Gasteiger partial charge >= 0.3 is 0 Å². The van der Waals surface area contributed by atoms with Gasteiger partial charge in [0.15, 0.2) is 5.69 Å². The van der Waals surface area contributed by atoms with Crippen molar-refractivity contribution in [3.8, 4) is 45.4 Å². The van der Waals surface area contributed by atoms with Crippen molar-refractivity contribution in [3.05, 3.63) is 139 Å². The van der Waals surface area contributed by atoms with E-state index < -0.39 is 0 Å². The van der Waals surface area contributed by atoms with Gasteiger partial charge in [-0.2, -0.15) is 5.26 Å². The van der Waals surface area contributed by atoms with Gasteiger partial charge in [-0.05, 0) is 85.3 Å². The van der Waals surface area contributed by atoms with Gasteiger partial charge in [-0.25, -0.2) is 9.97 Å². The van der Waals surface area contributed by atoms with Crippen LogP contribution >= 0.6 is 0 Å². The number of hydrogen-bond acceptors (Lipinski definition) is 3. The minimum atomic E-state index is 0.372. The van der Waals surface area contributed by atoms with E-state index in [1.54, 1.807) is 0 Å². The minimum Gasteiger partial charge on any atom is -0.278 e. The largest absolute Gasteiger partial charge is 0.278 e. The molecular weight excluding hydrogens is 548 g/mol. The topological polar surface area (TPSA) is 54.5 Å². The van der Waals surface area contributed by atoms with Crippen LogP contribution in [0.5, 0.6) is 0 Å². The second-order valence-electron chi connectivity index (χ2n) is 11.7. The molecule has 0 spiro atoms. The van der Waals surface area contributed by atoms with Crippen LogP contribution in [-0.2, 0) is 0 Å². The molecule has 0 radical (unpaired) electrons. The lowest BCUT2D eigenvalue weighted by molar-refractivity contribution is 1.00. The predicted molar refractivity (Wildman–Crippen MR) is 183 cm³/mol. The van der Waals surface area contributed by atoms with Crippen molar-refractivity contribution in [1.82, 2.24) is 14.5 Å². The molecule has 10 rings (SSSR count). The average molecular weight is 571 g/mol. The van der Waals surface area contributed by atoms with E-state index in [9.17, 15) is 5.26 Å². The van der Waals surface area contributed by atoms with E-state index in [0.717, 1.165) is 38.3 Å². The van der Waals surface area contributed by atoms with Crippen LogP contribution in [0.3, 0.4) is 0 Å². The lowest BCUT2D eigenvalue weighted by Gasteiger charge is -2.11. The van der Waals surface area contributed by atoms with Crippen LogP contribution in [0.25, 0.3) is 93.6 Å². The molecule has 0 atom stereocenters. The Kier molecular flexibility index (Phi) is 4.76. The Morgan fingerprint density at radius 2 is 1.18 bits per heavy atom. The number of aromatic nitrogens is 3. The zero-order valence-corrected chi connectivity index (χ0v) is 24.0. The highest BCUT2D eigenvalue weighted by molar-refractivity contribution is 6.23. The molecule has 0 unspecified atom stereocenters. The second-order valence-corrected chi connectivity index (χ2v) is 11.7. The van der Waals surface area contributed by atoms with Gasteiger partial charge in [-0.1, -0.05) is 103 Å². The summed E-state index contributed by atoms with van der Waals surface area (Å²) in [7, 11) is 0. The van der Waals surface area contributed by atoms with Crippen LogP contribution in [0.15, 0.2) is 133 Å². The van der Waals surface area contributed by atoms with Crippen LogP contribution < -0.4 is 0 Å². The van der Waals surface area contributed by atoms with Gasteiger partial charge in [0.1, 0.15) is 6.07 Å². The maximum atomic E-state index is 10.0. The summed E-state index contributed by atoms with van der Waals surface area (Å²) in [5.41, 5.74) is 10.7. The molecule has 1 aliphatic carbocycles. The van der Waals surface area contributed by atoms with Crippen molar-refractivity contribution in [2.75, 3.05) is 0 Å². The molecule has 0 fully saturated rings. The van der Waals surface area contributed by atoms with Gasteiger partial charge in [0.25, 0.3) is 0 Å². The van der Waals surface area contributed by atoms with Crippen molar-refractivity contribution in [2.45, 2.75) is 0 Å². The Balaban J connectivity index is 1.29. The van der Waals surface area contributed by atoms with Crippen molar-refractivity contribution >= 4 is 54.3 Å². The molecular formula is C41H22N4. The normalized spacial score (nSPS) is 12.0. The third kappa shape index (κ3) is 3.24. The Labute approximate surface area is 258 Å². The zero-order valence-electron chi connectivity index (χ0n) is 24.0. The molecule has 2 aromatic heterocycles. The molecule has 4 heteroatoms. The van der Waals surface area contributed by atoms with Crippen molar-refractivity contribution in [3.63, 3.8) is 0 Å². The predicted octanol–water partition coefficient (Wildman–Crippen LogP) is 10.2. The van der Waals surface area contributed by atoms with Gasteiger partial charge in [0, 0.05) is 16.2 Å². The first-order valence-corrected chi connectivity index (χ1v) is 15.1. The van der Waals surface area contributed by atoms with E-state index in [1.807, 2.05) is 24.3 Å². The standard InChI is InChI=1S/C41H22N4/c42-23-36-33-12-5-6-15-35(33)43-41(44-36)45-37-20-17-25(22-34(37)40-27-9-2-1-8-24(27)16-21-38(40)45)26-18-19-32-29-11-4-3-10-28(29)31-14-7-13-30(26)39(31)32/h1-22H. The number of benzene rings is 7. The lowest BCUT2D eigenvalue weighted by atomic mass is 9.93. The number of nitriles is 1. The fraction of sp³-hybridized carbons (Fsp3) is 0. The molecule has 9 aromatic rings. The van der Waals surface area contributed by atoms with E-state index in [0.29, 0.717) is 11.6 Å². The van der Waals surface area contributed by atoms with Crippen LogP contribution in [-0.4, -0.2) is 14.5 Å². The van der Waals surface area contributed by atoms with Crippen LogP contribution in [0.2, 0.25) is 0 Å². The molecule has 0 amide bonds. The summed E-state index contributed by atoms with van der Waals surface area (Å²) in [5, 5.41) is 18.0. The van der Waals surface area contributed by atoms with E-state index in [4.69, 9.17) is 9.97 Å². The summed E-state index contributed by atoms with van der Waals surface area (Å²) in [4.78, 5) is 9.78. The highest BCUT2D eigenvalue weighted by Gasteiger charge is 2.23. The van der Waals surface area contributed by atoms with Gasteiger partial charge in [0.2, 0.25) is 5.95 Å². The summed E-state index contributed by atoms with van der Waals surface area (Å²) in [6.45, 7) is 0. The molecule has 0 saturated carbocycles. The van der Waals surface area contributed by atoms with Crippen LogP contribution in [0, 0.1) is 11.3 Å². The minimum absolute atomic E-state index is 0.372. The number of rotatable bonds is 2. The zero-order chi connectivity index (χ0) is 29.6. The molecule has 0 bridgehead atoms. The molecule has 45 heavy (non-hydrogen) atoms. The maximum Gasteiger partial charge on any atom is 0.236 e. The Hall–Kier alpha value is -6.31. The first kappa shape index (κ1) is 24.2. The van der Waals surface area contributed by atoms with E-state index in [2.05, 4.69) is 120 Å². The Morgan fingerprint density at radius 3 is 2.04 bits per heavy atom. The van der Waals surface area contributed by atoms with Crippen molar-refractivity contribution in [2.24, 2.45) is 0 Å². The monoisotopic (exact) mass is 570 g/mol. The van der Waals surface area contributed by atoms with E-state index >= 15 is 0 Å². The summed E-state index contributed by atoms with van der Waals surface area (Å²) in [5.74, 6) is 0.497. The lowest BCUT2D eigenvalue weighted by Crippen LogP contribution is -2.03. The highest BCUT2D eigenvalue weighted by Crippen LogP contribution is 2.49. The van der Waals surface area contributed by atoms with Gasteiger partial charge in [0.05, 0.1) is 16.6 Å². The van der Waals surface area contributed by atoms with Crippen molar-refractivity contribution in [1.29, 1.82) is 5.26 Å². The fourth-order valence-electron chi connectivity index (χ4n) is 7.48. The van der Waals surface area contributed by atoms with Gasteiger partial charge < -0.3 is 0 Å². The average Bonchev–Trinajstić information content (AvgIpc) is 3.62. The molecule has 0 saturated heterocycles. The summed E-state index contributed by atoms with van der Waals surface area (Å²) in [6, 6.07) is 49.4. The third-order valence-corrected chi connectivity index (χ3v) is 9.41. The van der Waals surface area contributed by atoms with Crippen molar-refractivity contribution < 1.29 is 0 Å². The summed E-state index contributed by atoms with van der Waals surface area (Å²) < 4.78 is 2.11. The first-order chi connectivity index (χ1) is 22.3. The quantitative estimate of drug-likeness (QED) is 0.208. The Morgan fingerprint density at radius 1 is 0.489 bits per heavy atom. The maximum absolute atomic E-state index is 10.0. The number of nitrogens with zero attached hydrogens (tertiary/aromatic N) is 4. The number of hydrogen-bond donors (Lipinski definition) is 0. The number of fused-ring (bicyclic) bond motifs is 9.